The molecule has 0 saturated heterocycles. The Labute approximate surface area is 44.2 Å². The molecule has 0 amide bonds. The van der Waals surface area contributed by atoms with E-state index in [9.17, 15) is 9.90 Å². The Balaban J connectivity index is 0. The Morgan fingerprint density at radius 1 is 1.57 bits per heavy atom. The van der Waals surface area contributed by atoms with Crippen molar-refractivity contribution in [2.75, 3.05) is 0 Å². The summed E-state index contributed by atoms with van der Waals surface area (Å²) >= 11 is 0. The van der Waals surface area contributed by atoms with Crippen molar-refractivity contribution < 1.29 is 9.90 Å². The van der Waals surface area contributed by atoms with Gasteiger partial charge in [-0.1, -0.05) is 21.3 Å². The van der Waals surface area contributed by atoms with Crippen LogP contribution < -0.4 is 5.11 Å². The van der Waals surface area contributed by atoms with Crippen LogP contribution in [0, 0.1) is 5.92 Å². The highest BCUT2D eigenvalue weighted by molar-refractivity contribution is 5.66. The lowest BCUT2D eigenvalue weighted by Gasteiger charge is -2.01. The number of carbonyl (C=O) groups excluding carboxylic acids is 1. The minimum Gasteiger partial charge on any atom is -0.550 e. The van der Waals surface area contributed by atoms with Gasteiger partial charge in [0, 0.05) is 5.97 Å². The van der Waals surface area contributed by atoms with Crippen molar-refractivity contribution in [3.05, 3.63) is 0 Å². The van der Waals surface area contributed by atoms with E-state index < -0.39 is 5.97 Å². The van der Waals surface area contributed by atoms with Crippen molar-refractivity contribution >= 4 is 5.97 Å². The van der Waals surface area contributed by atoms with Crippen LogP contribution in [0.5, 0.6) is 0 Å². The van der Waals surface area contributed by atoms with Crippen molar-refractivity contribution in [1.82, 2.24) is 0 Å². The lowest BCUT2D eigenvalue weighted by Crippen LogP contribution is -2.27. The first-order valence-corrected chi connectivity index (χ1v) is 1.85. The molecule has 0 aliphatic heterocycles. The third-order valence-electron chi connectivity index (χ3n) is 0.471. The molecule has 0 rings (SSSR count). The van der Waals surface area contributed by atoms with E-state index in [4.69, 9.17) is 0 Å². The van der Waals surface area contributed by atoms with Gasteiger partial charge in [0.1, 0.15) is 0 Å². The summed E-state index contributed by atoms with van der Waals surface area (Å²) in [5, 5.41) is 9.59. The summed E-state index contributed by atoms with van der Waals surface area (Å²) in [7, 11) is 0. The number of carboxylic acids is 1. The first-order valence-electron chi connectivity index (χ1n) is 1.85. The van der Waals surface area contributed by atoms with E-state index in [2.05, 4.69) is 0 Å². The Morgan fingerprint density at radius 3 is 1.71 bits per heavy atom. The van der Waals surface area contributed by atoms with E-state index in [0.717, 1.165) is 0 Å². The maximum absolute atomic E-state index is 9.59. The SMILES string of the molecule is C.CC(C)C(=O)[O-]. The fraction of sp³-hybridized carbons (Fsp3) is 0.800. The second-order valence-electron chi connectivity index (χ2n) is 1.47. The maximum atomic E-state index is 9.59. The van der Waals surface area contributed by atoms with Gasteiger partial charge in [-0.05, 0) is 5.92 Å². The quantitative estimate of drug-likeness (QED) is 0.469. The molecule has 0 aliphatic carbocycles. The first-order chi connectivity index (χ1) is 2.64. The molecule has 2 nitrogen and oxygen atoms in total. The Bertz CT molecular complexity index is 57.1. The molecule has 0 aromatic heterocycles. The third kappa shape index (κ3) is 5.47. The van der Waals surface area contributed by atoms with Crippen LogP contribution in [-0.2, 0) is 4.79 Å². The van der Waals surface area contributed by atoms with Crippen LogP contribution in [-0.4, -0.2) is 5.97 Å². The zero-order chi connectivity index (χ0) is 5.15. The van der Waals surface area contributed by atoms with Gasteiger partial charge in [-0.25, -0.2) is 0 Å². The number of carbonyl (C=O) groups is 1. The Kier molecular flexibility index (Phi) is 5.06. The average molecular weight is 103 g/mol. The molecule has 0 atom stereocenters. The molecule has 7 heavy (non-hydrogen) atoms. The largest absolute Gasteiger partial charge is 0.550 e. The fourth-order valence-electron chi connectivity index (χ4n) is 0. The lowest BCUT2D eigenvalue weighted by atomic mass is 10.2. The highest BCUT2D eigenvalue weighted by Crippen LogP contribution is 1.83. The first kappa shape index (κ1) is 9.69. The number of carboxylic acid groups (broad SMARTS) is 1. The van der Waals surface area contributed by atoms with Crippen LogP contribution in [0.2, 0.25) is 0 Å². The molecule has 0 aromatic rings. The number of aliphatic carboxylic acids is 1. The van der Waals surface area contributed by atoms with Gasteiger partial charge in [0.25, 0.3) is 0 Å². The second kappa shape index (κ2) is 3.65. The third-order valence-corrected chi connectivity index (χ3v) is 0.471. The molecule has 0 spiro atoms. The molecule has 0 radical (unpaired) electrons. The van der Waals surface area contributed by atoms with Crippen molar-refractivity contribution in [2.24, 2.45) is 5.92 Å². The Hall–Kier alpha value is -0.530. The lowest BCUT2D eigenvalue weighted by molar-refractivity contribution is -0.310. The minimum absolute atomic E-state index is 0. The van der Waals surface area contributed by atoms with Gasteiger partial charge in [-0.3, -0.25) is 0 Å². The predicted octanol–water partition coefficient (Wildman–Crippen LogP) is 0.0284. The van der Waals surface area contributed by atoms with Gasteiger partial charge in [0.05, 0.1) is 0 Å². The predicted molar refractivity (Wildman–Crippen MR) is 26.6 cm³/mol. The number of rotatable bonds is 1. The van der Waals surface area contributed by atoms with E-state index in [1.165, 1.54) is 0 Å². The molecule has 44 valence electrons. The summed E-state index contributed by atoms with van der Waals surface area (Å²) in [5.74, 6) is -1.33. The zero-order valence-corrected chi connectivity index (χ0v) is 3.89. The van der Waals surface area contributed by atoms with Crippen LogP contribution in [0.15, 0.2) is 0 Å². The number of hydrogen-bond donors (Lipinski definition) is 0. The van der Waals surface area contributed by atoms with E-state index in [0.29, 0.717) is 0 Å². The van der Waals surface area contributed by atoms with Crippen LogP contribution in [0.4, 0.5) is 0 Å². The number of hydrogen-bond acceptors (Lipinski definition) is 2. The smallest absolute Gasteiger partial charge is 0.0439 e. The van der Waals surface area contributed by atoms with Crippen molar-refractivity contribution in [1.29, 1.82) is 0 Å². The molecule has 0 fully saturated rings. The van der Waals surface area contributed by atoms with Crippen LogP contribution in [0.1, 0.15) is 21.3 Å². The van der Waals surface area contributed by atoms with Gasteiger partial charge < -0.3 is 9.90 Å². The molecule has 0 aromatic carbocycles. The van der Waals surface area contributed by atoms with Gasteiger partial charge >= 0.3 is 0 Å². The van der Waals surface area contributed by atoms with Crippen molar-refractivity contribution in [2.45, 2.75) is 21.3 Å². The van der Waals surface area contributed by atoms with E-state index in [1.807, 2.05) is 0 Å². The fourth-order valence-corrected chi connectivity index (χ4v) is 0. The average Bonchev–Trinajstić information content (AvgIpc) is 1.36. The molecular weight excluding hydrogens is 92.1 g/mol. The molecule has 0 aliphatic rings. The summed E-state index contributed by atoms with van der Waals surface area (Å²) in [6.07, 6.45) is 0. The van der Waals surface area contributed by atoms with E-state index in [-0.39, 0.29) is 13.3 Å². The summed E-state index contributed by atoms with van der Waals surface area (Å²) in [4.78, 5) is 9.59. The summed E-state index contributed by atoms with van der Waals surface area (Å²) in [5.41, 5.74) is 0. The molecule has 2 heteroatoms. The minimum atomic E-state index is -0.991. The van der Waals surface area contributed by atoms with Gasteiger partial charge in [0.2, 0.25) is 0 Å². The standard InChI is InChI=1S/C4H8O2.CH4/c1-3(2)4(5)6;/h3H,1-2H3,(H,5,6);1H4/p-1. The van der Waals surface area contributed by atoms with E-state index >= 15 is 0 Å². The normalized spacial score (nSPS) is 7.86. The summed E-state index contributed by atoms with van der Waals surface area (Å²) < 4.78 is 0. The van der Waals surface area contributed by atoms with E-state index in [1.54, 1.807) is 13.8 Å². The highest BCUT2D eigenvalue weighted by Gasteiger charge is 1.87. The molecule has 0 saturated carbocycles. The van der Waals surface area contributed by atoms with Gasteiger partial charge in [-0.15, -0.1) is 0 Å². The van der Waals surface area contributed by atoms with Crippen LogP contribution >= 0.6 is 0 Å². The molecule has 0 bridgehead atoms. The van der Waals surface area contributed by atoms with Gasteiger partial charge in [-0.2, -0.15) is 0 Å². The van der Waals surface area contributed by atoms with Crippen molar-refractivity contribution in [3.8, 4) is 0 Å². The molecular formula is C5H11O2-. The molecule has 0 N–H and O–H groups in total. The summed E-state index contributed by atoms with van der Waals surface area (Å²) in [6.45, 7) is 3.16. The maximum Gasteiger partial charge on any atom is 0.0439 e. The molecule has 0 unspecified atom stereocenters. The van der Waals surface area contributed by atoms with Crippen molar-refractivity contribution in [3.63, 3.8) is 0 Å². The monoisotopic (exact) mass is 103 g/mol. The topological polar surface area (TPSA) is 40.1 Å². The summed E-state index contributed by atoms with van der Waals surface area (Å²) in [6, 6.07) is 0. The second-order valence-corrected chi connectivity index (χ2v) is 1.47. The van der Waals surface area contributed by atoms with Crippen LogP contribution in [0.25, 0.3) is 0 Å². The zero-order valence-electron chi connectivity index (χ0n) is 3.89. The van der Waals surface area contributed by atoms with Crippen LogP contribution in [0.3, 0.4) is 0 Å². The van der Waals surface area contributed by atoms with Gasteiger partial charge in [0.15, 0.2) is 0 Å². The highest BCUT2D eigenvalue weighted by atomic mass is 16.4. The molecule has 0 heterocycles. The Morgan fingerprint density at radius 2 is 1.71 bits per heavy atom.